The van der Waals surface area contributed by atoms with Gasteiger partial charge in [0.1, 0.15) is 6.04 Å². The Morgan fingerprint density at radius 1 is 1.00 bits per heavy atom. The topological polar surface area (TPSA) is 108 Å². The molecule has 0 fully saturated rings. The highest BCUT2D eigenvalue weighted by atomic mass is 32.2. The lowest BCUT2D eigenvalue weighted by Crippen LogP contribution is -2.51. The van der Waals surface area contributed by atoms with E-state index < -0.39 is 23.8 Å². The van der Waals surface area contributed by atoms with Crippen LogP contribution in [0.15, 0.2) is 52.1 Å². The molecule has 174 valence electrons. The molecule has 3 amide bonds. The lowest BCUT2D eigenvalue weighted by atomic mass is 9.84. The molecule has 0 bridgehead atoms. The third-order valence-electron chi connectivity index (χ3n) is 5.06. The van der Waals surface area contributed by atoms with E-state index in [0.29, 0.717) is 18.6 Å². The maximum absolute atomic E-state index is 13.4. The van der Waals surface area contributed by atoms with Crippen molar-refractivity contribution in [3.05, 3.63) is 53.4 Å². The van der Waals surface area contributed by atoms with Gasteiger partial charge in [0, 0.05) is 19.2 Å². The number of hydrogen-bond acceptors (Lipinski definition) is 6. The van der Waals surface area contributed by atoms with Crippen molar-refractivity contribution < 1.29 is 19.6 Å². The average molecular weight is 478 g/mol. The summed E-state index contributed by atoms with van der Waals surface area (Å²) in [6.07, 6.45) is 0.780. The van der Waals surface area contributed by atoms with Crippen LogP contribution in [0.2, 0.25) is 0 Å². The molecule has 4 N–H and O–H groups in total. The van der Waals surface area contributed by atoms with E-state index in [9.17, 15) is 19.6 Å². The first kappa shape index (κ1) is 25.9. The van der Waals surface area contributed by atoms with Crippen molar-refractivity contribution >= 4 is 40.8 Å². The Balaban J connectivity index is 2.23. The van der Waals surface area contributed by atoms with Crippen LogP contribution in [0.1, 0.15) is 25.8 Å². The molecule has 0 saturated heterocycles. The summed E-state index contributed by atoms with van der Waals surface area (Å²) in [5.41, 5.74) is 2.64. The van der Waals surface area contributed by atoms with E-state index in [-0.39, 0.29) is 17.7 Å². The summed E-state index contributed by atoms with van der Waals surface area (Å²) in [5.74, 6) is -2.26. The molecule has 1 aromatic heterocycles. The van der Waals surface area contributed by atoms with Gasteiger partial charge in [-0.2, -0.15) is 0 Å². The van der Waals surface area contributed by atoms with Gasteiger partial charge in [-0.15, -0.1) is 23.1 Å². The molecular formula is C23H31N3O4S2. The molecule has 0 aliphatic carbocycles. The van der Waals surface area contributed by atoms with Gasteiger partial charge in [-0.05, 0) is 29.3 Å². The average Bonchev–Trinajstić information content (AvgIpc) is 3.31. The largest absolute Gasteiger partial charge is 0.357 e. The van der Waals surface area contributed by atoms with Crippen molar-refractivity contribution in [2.45, 2.75) is 36.9 Å². The molecule has 0 aliphatic heterocycles. The summed E-state index contributed by atoms with van der Waals surface area (Å²) in [7, 11) is 1.53. The summed E-state index contributed by atoms with van der Waals surface area (Å²) >= 11 is 3.02. The lowest BCUT2D eigenvalue weighted by Gasteiger charge is -2.28. The van der Waals surface area contributed by atoms with Gasteiger partial charge in [0.15, 0.2) is 0 Å². The zero-order chi connectivity index (χ0) is 23.5. The summed E-state index contributed by atoms with van der Waals surface area (Å²) in [5, 5.41) is 16.7. The van der Waals surface area contributed by atoms with Crippen molar-refractivity contribution in [3.63, 3.8) is 0 Å². The normalized spacial score (nSPS) is 13.8. The molecule has 9 heteroatoms. The van der Waals surface area contributed by atoms with E-state index in [1.165, 1.54) is 18.8 Å². The van der Waals surface area contributed by atoms with Crippen LogP contribution >= 0.6 is 23.1 Å². The van der Waals surface area contributed by atoms with E-state index >= 15 is 0 Å². The maximum Gasteiger partial charge on any atom is 0.248 e. The summed E-state index contributed by atoms with van der Waals surface area (Å²) in [4.78, 5) is 38.4. The molecule has 3 atom stereocenters. The van der Waals surface area contributed by atoms with Crippen LogP contribution in [-0.4, -0.2) is 41.8 Å². The Bertz CT molecular complexity index is 859. The molecule has 0 radical (unpaired) electrons. The minimum absolute atomic E-state index is 0.138. The molecular weight excluding hydrogens is 446 g/mol. The molecule has 7 nitrogen and oxygen atoms in total. The highest BCUT2D eigenvalue weighted by Gasteiger charge is 2.36. The monoisotopic (exact) mass is 477 g/mol. The Morgan fingerprint density at radius 2 is 1.72 bits per heavy atom. The smallest absolute Gasteiger partial charge is 0.248 e. The molecule has 0 saturated carbocycles. The van der Waals surface area contributed by atoms with Crippen LogP contribution in [0.5, 0.6) is 0 Å². The molecule has 0 spiro atoms. The number of carbonyl (C=O) groups is 3. The van der Waals surface area contributed by atoms with Crippen LogP contribution in [0, 0.1) is 17.8 Å². The number of benzene rings is 1. The van der Waals surface area contributed by atoms with Crippen molar-refractivity contribution in [2.75, 3.05) is 12.8 Å². The van der Waals surface area contributed by atoms with Crippen molar-refractivity contribution in [3.8, 4) is 0 Å². The Labute approximate surface area is 197 Å². The predicted molar refractivity (Wildman–Crippen MR) is 128 cm³/mol. The second kappa shape index (κ2) is 13.2. The fraction of sp³-hybridized carbons (Fsp3) is 0.435. The fourth-order valence-electron chi connectivity index (χ4n) is 3.45. The fourth-order valence-corrected chi connectivity index (χ4v) is 5.44. The number of nitrogens with one attached hydrogen (secondary N) is 3. The number of thiophene rings is 1. The highest BCUT2D eigenvalue weighted by Crippen LogP contribution is 2.31. The third-order valence-corrected chi connectivity index (χ3v) is 7.31. The second-order valence-electron chi connectivity index (χ2n) is 7.93. The standard InChI is InChI=1S/C23H31N3O4S2/c1-15(2)12-17(18(22(28)26-30)14-32-20-10-7-11-31-20)21(27)25-19(23(29)24-3)13-16-8-5-4-6-9-16/h4-11,15,17-19,30H,12-14H2,1-3H3,(H,24,29)(H,25,27)(H,26,28)/t17-,18+,19?/m1/s1. The van der Waals surface area contributed by atoms with E-state index in [0.717, 1.165) is 9.77 Å². The second-order valence-corrected chi connectivity index (χ2v) is 10.2. The number of likely N-dealkylation sites (N-methyl/N-ethyl adjacent to an activating group) is 1. The molecule has 1 heterocycles. The lowest BCUT2D eigenvalue weighted by molar-refractivity contribution is -0.140. The minimum atomic E-state index is -0.771. The molecule has 1 aromatic carbocycles. The van der Waals surface area contributed by atoms with E-state index in [4.69, 9.17) is 0 Å². The van der Waals surface area contributed by atoms with E-state index in [1.807, 2.05) is 61.7 Å². The molecule has 2 aromatic rings. The number of hydroxylamine groups is 1. The van der Waals surface area contributed by atoms with Crippen LogP contribution < -0.4 is 16.1 Å². The molecule has 1 unspecified atom stereocenters. The number of rotatable bonds is 12. The van der Waals surface area contributed by atoms with Crippen LogP contribution in [0.25, 0.3) is 0 Å². The van der Waals surface area contributed by atoms with Gasteiger partial charge in [0.2, 0.25) is 17.7 Å². The van der Waals surface area contributed by atoms with Gasteiger partial charge >= 0.3 is 0 Å². The van der Waals surface area contributed by atoms with Gasteiger partial charge in [0.25, 0.3) is 0 Å². The van der Waals surface area contributed by atoms with Crippen molar-refractivity contribution in [1.82, 2.24) is 16.1 Å². The summed E-state index contributed by atoms with van der Waals surface area (Å²) < 4.78 is 1.02. The number of hydrogen-bond donors (Lipinski definition) is 4. The quantitative estimate of drug-likeness (QED) is 0.213. The predicted octanol–water partition coefficient (Wildman–Crippen LogP) is 3.10. The zero-order valence-electron chi connectivity index (χ0n) is 18.5. The van der Waals surface area contributed by atoms with Crippen LogP contribution in [-0.2, 0) is 20.8 Å². The van der Waals surface area contributed by atoms with Gasteiger partial charge in [-0.3, -0.25) is 19.6 Å². The highest BCUT2D eigenvalue weighted by molar-refractivity contribution is 8.01. The van der Waals surface area contributed by atoms with E-state index in [2.05, 4.69) is 10.6 Å². The number of thioether (sulfide) groups is 1. The van der Waals surface area contributed by atoms with Crippen LogP contribution in [0.3, 0.4) is 0 Å². The van der Waals surface area contributed by atoms with Gasteiger partial charge in [-0.1, -0.05) is 50.2 Å². The number of carbonyl (C=O) groups excluding carboxylic acids is 3. The van der Waals surface area contributed by atoms with Crippen molar-refractivity contribution in [1.29, 1.82) is 0 Å². The molecule has 0 aliphatic rings. The Hall–Kier alpha value is -2.36. The number of amides is 3. The van der Waals surface area contributed by atoms with Crippen molar-refractivity contribution in [2.24, 2.45) is 17.8 Å². The van der Waals surface area contributed by atoms with E-state index in [1.54, 1.807) is 16.8 Å². The summed E-state index contributed by atoms with van der Waals surface area (Å²) in [6.45, 7) is 3.95. The minimum Gasteiger partial charge on any atom is -0.357 e. The first-order valence-corrected chi connectivity index (χ1v) is 12.4. The Morgan fingerprint density at radius 3 is 2.28 bits per heavy atom. The van der Waals surface area contributed by atoms with Gasteiger partial charge < -0.3 is 10.6 Å². The third kappa shape index (κ3) is 7.96. The first-order chi connectivity index (χ1) is 15.3. The van der Waals surface area contributed by atoms with Gasteiger partial charge in [-0.25, -0.2) is 5.48 Å². The van der Waals surface area contributed by atoms with Crippen LogP contribution in [0.4, 0.5) is 0 Å². The SMILES string of the molecule is CNC(=O)C(Cc1ccccc1)NC(=O)[C@H](CC(C)C)[C@H](CSc1cccs1)C(=O)NO. The first-order valence-electron chi connectivity index (χ1n) is 10.5. The van der Waals surface area contributed by atoms with Gasteiger partial charge in [0.05, 0.1) is 16.0 Å². The summed E-state index contributed by atoms with van der Waals surface area (Å²) in [6, 6.07) is 12.5. The maximum atomic E-state index is 13.4. The zero-order valence-corrected chi connectivity index (χ0v) is 20.2. The Kier molecular flexibility index (Phi) is 10.7. The molecule has 2 rings (SSSR count). The molecule has 32 heavy (non-hydrogen) atoms.